The van der Waals surface area contributed by atoms with Gasteiger partial charge in [0.05, 0.1) is 5.88 Å². The van der Waals surface area contributed by atoms with E-state index in [1.54, 1.807) is 21.1 Å². The standard InChI is InChI=1S/C15H17ClN2O2S/c1-17-11-15(8-14(17)9-16)21(19,20)18-7-6-12-4-2-3-5-13(12)10-18/h2-5,8,11H,6-7,9-10H2,1H3. The Bertz CT molecular complexity index is 768. The maximum absolute atomic E-state index is 12.7. The van der Waals surface area contributed by atoms with E-state index in [0.717, 1.165) is 17.7 Å². The van der Waals surface area contributed by atoms with Crippen molar-refractivity contribution >= 4 is 21.6 Å². The van der Waals surface area contributed by atoms with E-state index in [-0.39, 0.29) is 0 Å². The highest BCUT2D eigenvalue weighted by atomic mass is 35.5. The molecular weight excluding hydrogens is 308 g/mol. The van der Waals surface area contributed by atoms with Crippen molar-refractivity contribution in [2.45, 2.75) is 23.7 Å². The summed E-state index contributed by atoms with van der Waals surface area (Å²) in [5.41, 5.74) is 3.12. The lowest BCUT2D eigenvalue weighted by Gasteiger charge is -2.27. The zero-order chi connectivity index (χ0) is 15.0. The van der Waals surface area contributed by atoms with Crippen molar-refractivity contribution in [3.05, 3.63) is 53.3 Å². The van der Waals surface area contributed by atoms with Gasteiger partial charge in [-0.3, -0.25) is 0 Å². The number of aryl methyl sites for hydroxylation is 1. The molecule has 6 heteroatoms. The topological polar surface area (TPSA) is 42.3 Å². The molecule has 112 valence electrons. The van der Waals surface area contributed by atoms with E-state index in [0.29, 0.717) is 23.9 Å². The molecule has 21 heavy (non-hydrogen) atoms. The smallest absolute Gasteiger partial charge is 0.244 e. The zero-order valence-corrected chi connectivity index (χ0v) is 13.4. The van der Waals surface area contributed by atoms with Crippen LogP contribution in [0.1, 0.15) is 16.8 Å². The highest BCUT2D eigenvalue weighted by Gasteiger charge is 2.29. The zero-order valence-electron chi connectivity index (χ0n) is 11.8. The predicted molar refractivity (Wildman–Crippen MR) is 82.7 cm³/mol. The third kappa shape index (κ3) is 2.61. The molecule has 2 heterocycles. The maximum atomic E-state index is 12.7. The summed E-state index contributed by atoms with van der Waals surface area (Å²) in [7, 11) is -1.65. The van der Waals surface area contributed by atoms with Crippen LogP contribution in [0.25, 0.3) is 0 Å². The maximum Gasteiger partial charge on any atom is 0.244 e. The molecule has 1 aromatic heterocycles. The molecule has 0 bridgehead atoms. The van der Waals surface area contributed by atoms with E-state index in [4.69, 9.17) is 11.6 Å². The number of halogens is 1. The van der Waals surface area contributed by atoms with Crippen molar-refractivity contribution < 1.29 is 8.42 Å². The van der Waals surface area contributed by atoms with Crippen molar-refractivity contribution in [2.75, 3.05) is 6.54 Å². The lowest BCUT2D eigenvalue weighted by molar-refractivity contribution is 0.391. The first-order chi connectivity index (χ1) is 10.0. The van der Waals surface area contributed by atoms with Crippen LogP contribution in [0.5, 0.6) is 0 Å². The molecule has 0 N–H and O–H groups in total. The van der Waals surface area contributed by atoms with Gasteiger partial charge in [-0.25, -0.2) is 8.42 Å². The van der Waals surface area contributed by atoms with E-state index in [1.807, 2.05) is 25.2 Å². The molecule has 4 nitrogen and oxygen atoms in total. The van der Waals surface area contributed by atoms with Crippen LogP contribution in [0.3, 0.4) is 0 Å². The minimum absolute atomic E-state index is 0.300. The van der Waals surface area contributed by atoms with E-state index in [2.05, 4.69) is 6.07 Å². The van der Waals surface area contributed by atoms with Crippen molar-refractivity contribution in [3.63, 3.8) is 0 Å². The second kappa shape index (κ2) is 5.48. The van der Waals surface area contributed by atoms with Gasteiger partial charge in [0.15, 0.2) is 0 Å². The number of fused-ring (bicyclic) bond motifs is 1. The normalized spacial score (nSPS) is 15.9. The van der Waals surface area contributed by atoms with Gasteiger partial charge in [0.2, 0.25) is 10.0 Å². The van der Waals surface area contributed by atoms with Gasteiger partial charge in [-0.05, 0) is 23.6 Å². The fraction of sp³-hybridized carbons (Fsp3) is 0.333. The molecule has 0 amide bonds. The molecule has 0 radical (unpaired) electrons. The van der Waals surface area contributed by atoms with Crippen LogP contribution in [-0.4, -0.2) is 23.8 Å². The third-order valence-electron chi connectivity index (χ3n) is 3.95. The highest BCUT2D eigenvalue weighted by Crippen LogP contribution is 2.26. The molecule has 1 aromatic carbocycles. The monoisotopic (exact) mass is 324 g/mol. The Hall–Kier alpha value is -1.30. The molecule has 0 atom stereocenters. The van der Waals surface area contributed by atoms with Crippen LogP contribution in [-0.2, 0) is 35.9 Å². The summed E-state index contributed by atoms with van der Waals surface area (Å²) in [6, 6.07) is 9.65. The average molecular weight is 325 g/mol. The SMILES string of the molecule is Cn1cc(S(=O)(=O)N2CCc3ccccc3C2)cc1CCl. The Morgan fingerprint density at radius 2 is 1.95 bits per heavy atom. The minimum atomic E-state index is -3.46. The molecule has 0 saturated carbocycles. The molecule has 0 unspecified atom stereocenters. The van der Waals surface area contributed by atoms with Crippen LogP contribution in [0, 0.1) is 0 Å². The van der Waals surface area contributed by atoms with Gasteiger partial charge in [-0.1, -0.05) is 24.3 Å². The average Bonchev–Trinajstić information content (AvgIpc) is 2.88. The lowest BCUT2D eigenvalue weighted by Crippen LogP contribution is -2.35. The summed E-state index contributed by atoms with van der Waals surface area (Å²) in [6.45, 7) is 0.952. The van der Waals surface area contributed by atoms with Gasteiger partial charge in [0.1, 0.15) is 4.90 Å². The molecular formula is C15H17ClN2O2S. The Labute approximate surface area is 130 Å². The van der Waals surface area contributed by atoms with Crippen LogP contribution in [0.15, 0.2) is 41.4 Å². The second-order valence-electron chi connectivity index (χ2n) is 5.27. The van der Waals surface area contributed by atoms with Crippen LogP contribution in [0.2, 0.25) is 0 Å². The van der Waals surface area contributed by atoms with Gasteiger partial charge < -0.3 is 4.57 Å². The first-order valence-electron chi connectivity index (χ1n) is 6.80. The molecule has 2 aromatic rings. The van der Waals surface area contributed by atoms with Gasteiger partial charge in [-0.2, -0.15) is 4.31 Å². The molecule has 0 saturated heterocycles. The number of aromatic nitrogens is 1. The van der Waals surface area contributed by atoms with Crippen LogP contribution < -0.4 is 0 Å². The van der Waals surface area contributed by atoms with Gasteiger partial charge in [0.25, 0.3) is 0 Å². The third-order valence-corrected chi connectivity index (χ3v) is 6.04. The largest absolute Gasteiger partial charge is 0.352 e. The molecule has 0 aliphatic carbocycles. The first-order valence-corrected chi connectivity index (χ1v) is 8.78. The molecule has 3 rings (SSSR count). The van der Waals surface area contributed by atoms with Gasteiger partial charge in [-0.15, -0.1) is 11.6 Å². The number of rotatable bonds is 3. The van der Waals surface area contributed by atoms with Crippen molar-refractivity contribution in [1.29, 1.82) is 0 Å². The summed E-state index contributed by atoms with van der Waals surface area (Å²) in [5, 5.41) is 0. The number of sulfonamides is 1. The number of nitrogens with zero attached hydrogens (tertiary/aromatic N) is 2. The molecule has 1 aliphatic rings. The lowest BCUT2D eigenvalue weighted by atomic mass is 10.0. The number of hydrogen-bond donors (Lipinski definition) is 0. The Morgan fingerprint density at radius 1 is 1.24 bits per heavy atom. The quantitative estimate of drug-likeness (QED) is 0.814. The van der Waals surface area contributed by atoms with E-state index in [9.17, 15) is 8.42 Å². The number of hydrogen-bond acceptors (Lipinski definition) is 2. The summed E-state index contributed by atoms with van der Waals surface area (Å²) in [5.74, 6) is 0.300. The summed E-state index contributed by atoms with van der Waals surface area (Å²) in [4.78, 5) is 0.319. The summed E-state index contributed by atoms with van der Waals surface area (Å²) >= 11 is 5.82. The van der Waals surface area contributed by atoms with E-state index < -0.39 is 10.0 Å². The molecule has 1 aliphatic heterocycles. The van der Waals surface area contributed by atoms with Crippen LogP contribution >= 0.6 is 11.6 Å². The van der Waals surface area contributed by atoms with Gasteiger partial charge >= 0.3 is 0 Å². The number of alkyl halides is 1. The second-order valence-corrected chi connectivity index (χ2v) is 7.47. The fourth-order valence-corrected chi connectivity index (χ4v) is 4.46. The summed E-state index contributed by atoms with van der Waals surface area (Å²) in [6.07, 6.45) is 2.39. The Morgan fingerprint density at radius 3 is 2.62 bits per heavy atom. The predicted octanol–water partition coefficient (Wildman–Crippen LogP) is 2.51. The molecule has 0 fully saturated rings. The number of benzene rings is 1. The van der Waals surface area contributed by atoms with Crippen molar-refractivity contribution in [3.8, 4) is 0 Å². The van der Waals surface area contributed by atoms with Gasteiger partial charge in [0, 0.05) is 32.0 Å². The van der Waals surface area contributed by atoms with E-state index in [1.165, 1.54) is 5.56 Å². The Balaban J connectivity index is 1.93. The van der Waals surface area contributed by atoms with Crippen molar-refractivity contribution in [2.24, 2.45) is 7.05 Å². The first kappa shape index (κ1) is 14.6. The van der Waals surface area contributed by atoms with Crippen molar-refractivity contribution in [1.82, 2.24) is 8.87 Å². The highest BCUT2D eigenvalue weighted by molar-refractivity contribution is 7.89. The molecule has 0 spiro atoms. The van der Waals surface area contributed by atoms with E-state index >= 15 is 0 Å². The Kier molecular flexibility index (Phi) is 3.82. The van der Waals surface area contributed by atoms with Crippen LogP contribution in [0.4, 0.5) is 0 Å². The minimum Gasteiger partial charge on any atom is -0.352 e. The fourth-order valence-electron chi connectivity index (χ4n) is 2.68. The summed E-state index contributed by atoms with van der Waals surface area (Å²) < 4.78 is 28.8.